The van der Waals surface area contributed by atoms with Crippen molar-refractivity contribution >= 4 is 48.5 Å². The first-order valence-electron chi connectivity index (χ1n) is 9.56. The van der Waals surface area contributed by atoms with E-state index in [1.165, 1.54) is 0 Å². The predicted molar refractivity (Wildman–Crippen MR) is 122 cm³/mol. The molecule has 30 heavy (non-hydrogen) atoms. The van der Waals surface area contributed by atoms with Crippen LogP contribution >= 0.6 is 27.5 Å². The standard InChI is InChI=1S/C21H18BrClN4O2S/c22-14-5-8-17-16(11-14)20(30(28,29)27-9-1-2-10-27)19(25-17)21-24-12-18(26-21)13-3-6-15(23)7-4-13/h3-8,11-12,25H,1-2,9-10H2,(H,24,26). The summed E-state index contributed by atoms with van der Waals surface area (Å²) in [5.74, 6) is 0.477. The third-order valence-electron chi connectivity index (χ3n) is 5.33. The zero-order chi connectivity index (χ0) is 20.9. The van der Waals surface area contributed by atoms with E-state index in [-0.39, 0.29) is 4.90 Å². The molecular weight excluding hydrogens is 488 g/mol. The molecule has 0 unspecified atom stereocenters. The van der Waals surface area contributed by atoms with Crippen molar-refractivity contribution in [1.29, 1.82) is 0 Å². The second-order valence-electron chi connectivity index (χ2n) is 7.27. The molecular formula is C21H18BrClN4O2S. The smallest absolute Gasteiger partial charge is 0.245 e. The van der Waals surface area contributed by atoms with Gasteiger partial charge in [-0.15, -0.1) is 0 Å². The van der Waals surface area contributed by atoms with Gasteiger partial charge in [0.25, 0.3) is 0 Å². The maximum atomic E-state index is 13.6. The van der Waals surface area contributed by atoms with Crippen molar-refractivity contribution in [2.24, 2.45) is 0 Å². The lowest BCUT2D eigenvalue weighted by atomic mass is 10.2. The minimum atomic E-state index is -3.67. The van der Waals surface area contributed by atoms with Crippen LogP contribution in [-0.4, -0.2) is 40.8 Å². The molecule has 0 saturated carbocycles. The Morgan fingerprint density at radius 1 is 1.07 bits per heavy atom. The number of fused-ring (bicyclic) bond motifs is 1. The Balaban J connectivity index is 1.69. The molecule has 9 heteroatoms. The maximum Gasteiger partial charge on any atom is 0.245 e. The third-order valence-corrected chi connectivity index (χ3v) is 8.06. The van der Waals surface area contributed by atoms with E-state index in [4.69, 9.17) is 11.6 Å². The molecule has 6 nitrogen and oxygen atoms in total. The molecule has 2 aromatic carbocycles. The summed E-state index contributed by atoms with van der Waals surface area (Å²) in [4.78, 5) is 11.3. The van der Waals surface area contributed by atoms with Crippen molar-refractivity contribution in [3.8, 4) is 22.8 Å². The fraction of sp³-hybridized carbons (Fsp3) is 0.190. The highest BCUT2D eigenvalue weighted by atomic mass is 79.9. The number of benzene rings is 2. The average molecular weight is 506 g/mol. The van der Waals surface area contributed by atoms with Crippen molar-refractivity contribution in [3.05, 3.63) is 58.2 Å². The number of nitrogens with one attached hydrogen (secondary N) is 2. The van der Waals surface area contributed by atoms with Crippen LogP contribution < -0.4 is 0 Å². The number of rotatable bonds is 4. The Kier molecular flexibility index (Phi) is 4.97. The van der Waals surface area contributed by atoms with E-state index >= 15 is 0 Å². The van der Waals surface area contributed by atoms with Gasteiger partial charge >= 0.3 is 0 Å². The molecule has 0 aliphatic carbocycles. The van der Waals surface area contributed by atoms with Gasteiger partial charge in [-0.1, -0.05) is 39.7 Å². The van der Waals surface area contributed by atoms with Crippen molar-refractivity contribution in [3.63, 3.8) is 0 Å². The number of hydrogen-bond acceptors (Lipinski definition) is 3. The number of sulfonamides is 1. The van der Waals surface area contributed by atoms with Crippen molar-refractivity contribution < 1.29 is 8.42 Å². The first-order chi connectivity index (χ1) is 14.4. The van der Waals surface area contributed by atoms with Gasteiger partial charge in [0.1, 0.15) is 10.6 Å². The number of aromatic amines is 2. The molecule has 0 bridgehead atoms. The molecule has 0 spiro atoms. The molecule has 0 atom stereocenters. The molecule has 1 aliphatic rings. The van der Waals surface area contributed by atoms with Crippen LogP contribution in [0.15, 0.2) is 58.0 Å². The lowest BCUT2D eigenvalue weighted by molar-refractivity contribution is 0.478. The van der Waals surface area contributed by atoms with Crippen molar-refractivity contribution in [1.82, 2.24) is 19.3 Å². The van der Waals surface area contributed by atoms with Crippen LogP contribution in [0.5, 0.6) is 0 Å². The summed E-state index contributed by atoms with van der Waals surface area (Å²) < 4.78 is 29.5. The molecule has 4 aromatic rings. The monoisotopic (exact) mass is 504 g/mol. The van der Waals surface area contributed by atoms with Crippen LogP contribution in [0.3, 0.4) is 0 Å². The van der Waals surface area contributed by atoms with Gasteiger partial charge in [-0.25, -0.2) is 13.4 Å². The van der Waals surface area contributed by atoms with Gasteiger partial charge < -0.3 is 9.97 Å². The number of imidazole rings is 1. The van der Waals surface area contributed by atoms with E-state index in [1.54, 1.807) is 22.6 Å². The van der Waals surface area contributed by atoms with E-state index in [9.17, 15) is 8.42 Å². The van der Waals surface area contributed by atoms with Gasteiger partial charge in [-0.05, 0) is 43.2 Å². The third kappa shape index (κ3) is 3.37. The highest BCUT2D eigenvalue weighted by Crippen LogP contribution is 2.37. The zero-order valence-electron chi connectivity index (χ0n) is 15.8. The molecule has 1 aliphatic heterocycles. The number of aromatic nitrogens is 3. The van der Waals surface area contributed by atoms with Crippen molar-refractivity contribution in [2.45, 2.75) is 17.7 Å². The molecule has 1 fully saturated rings. The zero-order valence-corrected chi connectivity index (χ0v) is 19.0. The molecule has 1 saturated heterocycles. The van der Waals surface area contributed by atoms with E-state index in [1.807, 2.05) is 30.3 Å². The summed E-state index contributed by atoms with van der Waals surface area (Å²) in [6, 6.07) is 13.0. The van der Waals surface area contributed by atoms with Gasteiger partial charge in [-0.2, -0.15) is 4.31 Å². The molecule has 2 N–H and O–H groups in total. The Morgan fingerprint density at radius 3 is 2.53 bits per heavy atom. The van der Waals surface area contributed by atoms with E-state index < -0.39 is 10.0 Å². The number of nitrogens with zero attached hydrogens (tertiary/aromatic N) is 2. The lowest BCUT2D eigenvalue weighted by Crippen LogP contribution is -2.28. The minimum absolute atomic E-state index is 0.262. The highest BCUT2D eigenvalue weighted by molar-refractivity contribution is 9.10. The Labute approximate surface area is 187 Å². The normalized spacial score (nSPS) is 15.3. The fourth-order valence-corrected chi connectivity index (χ4v) is 6.19. The Hall–Kier alpha value is -2.13. The SMILES string of the molecule is O=S(=O)(c1c(-c2nc(-c3ccc(Cl)cc3)c[nH]2)[nH]c2ccc(Br)cc12)N1CCCC1. The summed E-state index contributed by atoms with van der Waals surface area (Å²) in [5.41, 5.74) is 2.82. The van der Waals surface area contributed by atoms with Gasteiger partial charge in [0.05, 0.1) is 5.69 Å². The highest BCUT2D eigenvalue weighted by Gasteiger charge is 2.33. The van der Waals surface area contributed by atoms with Crippen LogP contribution in [-0.2, 0) is 10.0 Å². The quantitative estimate of drug-likeness (QED) is 0.388. The summed E-state index contributed by atoms with van der Waals surface area (Å²) in [5, 5.41) is 1.30. The lowest BCUT2D eigenvalue weighted by Gasteiger charge is -2.16. The molecule has 0 amide bonds. The molecule has 154 valence electrons. The van der Waals surface area contributed by atoms with Gasteiger partial charge in [0.2, 0.25) is 10.0 Å². The summed E-state index contributed by atoms with van der Waals surface area (Å²) in [6.07, 6.45) is 3.52. The van der Waals surface area contributed by atoms with Crippen LogP contribution in [0, 0.1) is 0 Å². The second kappa shape index (κ2) is 7.53. The van der Waals surface area contributed by atoms with E-state index in [0.29, 0.717) is 40.7 Å². The second-order valence-corrected chi connectivity index (χ2v) is 10.5. The summed E-state index contributed by atoms with van der Waals surface area (Å²) >= 11 is 9.45. The summed E-state index contributed by atoms with van der Waals surface area (Å²) in [7, 11) is -3.67. The molecule has 5 rings (SSSR count). The Morgan fingerprint density at radius 2 is 1.80 bits per heavy atom. The topological polar surface area (TPSA) is 81.8 Å². The molecule has 3 heterocycles. The Bertz CT molecular complexity index is 1340. The van der Waals surface area contributed by atoms with Gasteiger partial charge in [-0.3, -0.25) is 0 Å². The van der Waals surface area contributed by atoms with Crippen LogP contribution in [0.25, 0.3) is 33.7 Å². The minimum Gasteiger partial charge on any atom is -0.351 e. The maximum absolute atomic E-state index is 13.6. The average Bonchev–Trinajstić information content (AvgIpc) is 3.47. The first-order valence-corrected chi connectivity index (χ1v) is 12.2. The van der Waals surface area contributed by atoms with Gasteiger partial charge in [0.15, 0.2) is 5.82 Å². The summed E-state index contributed by atoms with van der Waals surface area (Å²) in [6.45, 7) is 1.08. The number of H-pyrrole nitrogens is 2. The van der Waals surface area contributed by atoms with Crippen LogP contribution in [0.2, 0.25) is 5.02 Å². The first kappa shape index (κ1) is 19.8. The fourth-order valence-electron chi connectivity index (χ4n) is 3.85. The number of halogens is 2. The number of hydrogen-bond donors (Lipinski definition) is 2. The van der Waals surface area contributed by atoms with E-state index in [2.05, 4.69) is 30.9 Å². The molecule has 0 radical (unpaired) electrons. The predicted octanol–water partition coefficient (Wildman–Crippen LogP) is 5.43. The van der Waals surface area contributed by atoms with E-state index in [0.717, 1.165) is 28.4 Å². The van der Waals surface area contributed by atoms with Crippen molar-refractivity contribution in [2.75, 3.05) is 13.1 Å². The van der Waals surface area contributed by atoms with Crippen LogP contribution in [0.4, 0.5) is 0 Å². The van der Waals surface area contributed by atoms with Gasteiger partial charge in [0, 0.05) is 45.2 Å². The largest absolute Gasteiger partial charge is 0.351 e. The van der Waals surface area contributed by atoms with Crippen LogP contribution in [0.1, 0.15) is 12.8 Å². The molecule has 2 aromatic heterocycles.